The summed E-state index contributed by atoms with van der Waals surface area (Å²) >= 11 is 0. The minimum Gasteiger partial charge on any atom is -0.203 e. The number of fused-ring (bicyclic) bond motifs is 1. The molecule has 0 radical (unpaired) electrons. The molecule has 0 nitrogen and oxygen atoms in total. The van der Waals surface area contributed by atoms with E-state index in [0.29, 0.717) is 29.2 Å². The van der Waals surface area contributed by atoms with Crippen molar-refractivity contribution in [3.63, 3.8) is 0 Å². The lowest BCUT2D eigenvalue weighted by atomic mass is 9.78. The Morgan fingerprint density at radius 3 is 2.48 bits per heavy atom. The number of hydrogen-bond donors (Lipinski definition) is 0. The van der Waals surface area contributed by atoms with Gasteiger partial charge in [0.05, 0.1) is 0 Å². The summed E-state index contributed by atoms with van der Waals surface area (Å²) in [4.78, 5) is 0. The molecule has 0 bridgehead atoms. The molecule has 122 valence electrons. The standard InChI is InChI=1S/C21H24F2/c1-3-5-18-12-17-11-10-16(13-19(17)21(23)20(18)22)15-8-6-14(4-2)7-9-15/h4,10-15H,2-3,5-9H2,1H3. The summed E-state index contributed by atoms with van der Waals surface area (Å²) in [6, 6.07) is 7.71. The average Bonchev–Trinajstić information content (AvgIpc) is 2.59. The highest BCUT2D eigenvalue weighted by molar-refractivity contribution is 5.84. The summed E-state index contributed by atoms with van der Waals surface area (Å²) in [6.07, 6.45) is 7.90. The van der Waals surface area contributed by atoms with Gasteiger partial charge >= 0.3 is 0 Å². The first-order valence-corrected chi connectivity index (χ1v) is 8.67. The van der Waals surface area contributed by atoms with E-state index < -0.39 is 11.6 Å². The highest BCUT2D eigenvalue weighted by Gasteiger charge is 2.21. The normalized spacial score (nSPS) is 21.5. The van der Waals surface area contributed by atoms with Gasteiger partial charge in [0, 0.05) is 5.39 Å². The summed E-state index contributed by atoms with van der Waals surface area (Å²) in [5.74, 6) is -0.301. The van der Waals surface area contributed by atoms with Gasteiger partial charge in [-0.15, -0.1) is 6.58 Å². The summed E-state index contributed by atoms with van der Waals surface area (Å²) in [5.41, 5.74) is 1.62. The van der Waals surface area contributed by atoms with Crippen molar-refractivity contribution in [1.29, 1.82) is 0 Å². The summed E-state index contributed by atoms with van der Waals surface area (Å²) in [5, 5.41) is 1.22. The van der Waals surface area contributed by atoms with Gasteiger partial charge in [-0.2, -0.15) is 0 Å². The van der Waals surface area contributed by atoms with Gasteiger partial charge < -0.3 is 0 Å². The first kappa shape index (κ1) is 16.2. The monoisotopic (exact) mass is 314 g/mol. The molecular weight excluding hydrogens is 290 g/mol. The predicted molar refractivity (Wildman–Crippen MR) is 92.8 cm³/mol. The van der Waals surface area contributed by atoms with E-state index >= 15 is 0 Å². The second-order valence-electron chi connectivity index (χ2n) is 6.74. The molecule has 2 aromatic carbocycles. The third-order valence-electron chi connectivity index (χ3n) is 5.21. The minimum absolute atomic E-state index is 0.422. The molecule has 0 spiro atoms. The lowest BCUT2D eigenvalue weighted by Crippen LogP contribution is -2.11. The number of benzene rings is 2. The number of aryl methyl sites for hydroxylation is 1. The van der Waals surface area contributed by atoms with Crippen molar-refractivity contribution in [3.8, 4) is 0 Å². The summed E-state index contributed by atoms with van der Waals surface area (Å²) < 4.78 is 28.7. The third kappa shape index (κ3) is 3.17. The van der Waals surface area contributed by atoms with Crippen LogP contribution in [0.15, 0.2) is 36.9 Å². The molecule has 0 heterocycles. The fourth-order valence-corrected chi connectivity index (χ4v) is 3.79. The highest BCUT2D eigenvalue weighted by Crippen LogP contribution is 2.37. The zero-order chi connectivity index (χ0) is 16.4. The fraction of sp³-hybridized carbons (Fsp3) is 0.429. The maximum atomic E-state index is 14.5. The van der Waals surface area contributed by atoms with Crippen molar-refractivity contribution in [2.75, 3.05) is 0 Å². The van der Waals surface area contributed by atoms with E-state index in [-0.39, 0.29) is 0 Å². The van der Waals surface area contributed by atoms with Gasteiger partial charge in [0.25, 0.3) is 0 Å². The van der Waals surface area contributed by atoms with Crippen LogP contribution in [0.4, 0.5) is 8.78 Å². The molecule has 2 heteroatoms. The van der Waals surface area contributed by atoms with E-state index in [0.717, 1.165) is 43.1 Å². The topological polar surface area (TPSA) is 0 Å². The van der Waals surface area contributed by atoms with Gasteiger partial charge in [-0.25, -0.2) is 8.78 Å². The molecule has 1 fully saturated rings. The van der Waals surface area contributed by atoms with Crippen LogP contribution in [-0.2, 0) is 6.42 Å². The van der Waals surface area contributed by atoms with Crippen LogP contribution in [0, 0.1) is 17.6 Å². The van der Waals surface area contributed by atoms with Gasteiger partial charge in [0.15, 0.2) is 11.6 Å². The Morgan fingerprint density at radius 1 is 1.09 bits per heavy atom. The molecule has 1 saturated carbocycles. The van der Waals surface area contributed by atoms with E-state index in [1.165, 1.54) is 0 Å². The first-order valence-electron chi connectivity index (χ1n) is 8.67. The van der Waals surface area contributed by atoms with Gasteiger partial charge in [-0.05, 0) is 72.6 Å². The molecule has 0 N–H and O–H groups in total. The quantitative estimate of drug-likeness (QED) is 0.563. The van der Waals surface area contributed by atoms with E-state index in [9.17, 15) is 8.78 Å². The average molecular weight is 314 g/mol. The molecular formula is C21H24F2. The smallest absolute Gasteiger partial charge is 0.166 e. The fourth-order valence-electron chi connectivity index (χ4n) is 3.79. The van der Waals surface area contributed by atoms with Gasteiger partial charge in [0.2, 0.25) is 0 Å². The summed E-state index contributed by atoms with van der Waals surface area (Å²) in [6.45, 7) is 5.85. The Kier molecular flexibility index (Phi) is 4.79. The van der Waals surface area contributed by atoms with Crippen LogP contribution in [0.25, 0.3) is 10.8 Å². The maximum absolute atomic E-state index is 14.5. The molecule has 0 aliphatic heterocycles. The lowest BCUT2D eigenvalue weighted by molar-refractivity contribution is 0.376. The first-order chi connectivity index (χ1) is 11.1. The minimum atomic E-state index is -0.687. The van der Waals surface area contributed by atoms with Gasteiger partial charge in [0.1, 0.15) is 0 Å². The lowest BCUT2D eigenvalue weighted by Gasteiger charge is -2.27. The van der Waals surface area contributed by atoms with Crippen LogP contribution in [0.2, 0.25) is 0 Å². The van der Waals surface area contributed by atoms with Crippen molar-refractivity contribution in [2.45, 2.75) is 51.4 Å². The zero-order valence-corrected chi connectivity index (χ0v) is 13.7. The second kappa shape index (κ2) is 6.82. The molecule has 0 atom stereocenters. The Bertz CT molecular complexity index is 709. The molecule has 23 heavy (non-hydrogen) atoms. The van der Waals surface area contributed by atoms with E-state index in [1.54, 1.807) is 6.07 Å². The van der Waals surface area contributed by atoms with Crippen LogP contribution in [0.3, 0.4) is 0 Å². The number of allylic oxidation sites excluding steroid dienone is 1. The van der Waals surface area contributed by atoms with Crippen molar-refractivity contribution in [3.05, 3.63) is 59.7 Å². The second-order valence-corrected chi connectivity index (χ2v) is 6.74. The number of halogens is 2. The molecule has 2 aromatic rings. The predicted octanol–water partition coefficient (Wildman–Crippen LogP) is 6.53. The van der Waals surface area contributed by atoms with E-state index in [1.807, 2.05) is 25.1 Å². The van der Waals surface area contributed by atoms with E-state index in [2.05, 4.69) is 12.6 Å². The molecule has 0 unspecified atom stereocenters. The molecule has 0 amide bonds. The van der Waals surface area contributed by atoms with Crippen molar-refractivity contribution >= 4 is 10.8 Å². The molecule has 1 aliphatic rings. The Labute approximate surface area is 137 Å². The molecule has 1 aliphatic carbocycles. The largest absolute Gasteiger partial charge is 0.203 e. The Morgan fingerprint density at radius 2 is 1.83 bits per heavy atom. The van der Waals surface area contributed by atoms with Gasteiger partial charge in [-0.1, -0.05) is 31.6 Å². The SMILES string of the molecule is C=CC1CCC(c2ccc3cc(CCC)c(F)c(F)c3c2)CC1. The van der Waals surface area contributed by atoms with Crippen LogP contribution >= 0.6 is 0 Å². The number of hydrogen-bond acceptors (Lipinski definition) is 0. The van der Waals surface area contributed by atoms with E-state index in [4.69, 9.17) is 0 Å². The molecule has 0 saturated heterocycles. The van der Waals surface area contributed by atoms with Crippen LogP contribution in [0.1, 0.15) is 56.1 Å². The van der Waals surface area contributed by atoms with Gasteiger partial charge in [-0.3, -0.25) is 0 Å². The number of rotatable bonds is 4. The molecule has 3 rings (SSSR count). The zero-order valence-electron chi connectivity index (χ0n) is 13.7. The van der Waals surface area contributed by atoms with Crippen molar-refractivity contribution in [2.24, 2.45) is 5.92 Å². The van der Waals surface area contributed by atoms with Crippen LogP contribution in [-0.4, -0.2) is 0 Å². The van der Waals surface area contributed by atoms with Crippen molar-refractivity contribution in [1.82, 2.24) is 0 Å². The van der Waals surface area contributed by atoms with Crippen molar-refractivity contribution < 1.29 is 8.78 Å². The summed E-state index contributed by atoms with van der Waals surface area (Å²) in [7, 11) is 0. The van der Waals surface area contributed by atoms with Crippen LogP contribution < -0.4 is 0 Å². The molecule has 0 aromatic heterocycles. The maximum Gasteiger partial charge on any atom is 0.166 e. The Balaban J connectivity index is 1.94. The third-order valence-corrected chi connectivity index (χ3v) is 5.21. The van der Waals surface area contributed by atoms with Crippen LogP contribution in [0.5, 0.6) is 0 Å². The Hall–Kier alpha value is -1.70. The highest BCUT2D eigenvalue weighted by atomic mass is 19.2.